The molecule has 5 heteroatoms. The molecule has 0 aliphatic carbocycles. The van der Waals surface area contributed by atoms with Gasteiger partial charge < -0.3 is 4.74 Å². The second kappa shape index (κ2) is 10.6. The normalized spacial score (nSPS) is 11.5. The van der Waals surface area contributed by atoms with E-state index in [2.05, 4.69) is 6.92 Å². The van der Waals surface area contributed by atoms with Gasteiger partial charge in [-0.3, -0.25) is 4.18 Å². The van der Waals surface area contributed by atoms with E-state index in [0.29, 0.717) is 5.75 Å². The number of benzene rings is 1. The Morgan fingerprint density at radius 1 is 0.905 bits per heavy atom. The van der Waals surface area contributed by atoms with Gasteiger partial charge in [-0.2, -0.15) is 8.42 Å². The van der Waals surface area contributed by atoms with Crippen molar-refractivity contribution in [2.24, 2.45) is 0 Å². The minimum absolute atomic E-state index is 0.113. The monoisotopic (exact) mass is 314 g/mol. The molecule has 0 saturated carbocycles. The van der Waals surface area contributed by atoms with Gasteiger partial charge >= 0.3 is 0 Å². The van der Waals surface area contributed by atoms with Crippen molar-refractivity contribution in [1.82, 2.24) is 0 Å². The average Bonchev–Trinajstić information content (AvgIpc) is 2.47. The lowest BCUT2D eigenvalue weighted by Gasteiger charge is -2.07. The molecule has 0 bridgehead atoms. The molecule has 0 unspecified atom stereocenters. The molecular formula is C16H26O4S. The second-order valence-electron chi connectivity index (χ2n) is 5.01. The zero-order valence-corrected chi connectivity index (χ0v) is 13.6. The molecule has 0 atom stereocenters. The summed E-state index contributed by atoms with van der Waals surface area (Å²) < 4.78 is 33.6. The van der Waals surface area contributed by atoms with Crippen LogP contribution >= 0.6 is 0 Å². The number of rotatable bonds is 12. The van der Waals surface area contributed by atoms with Gasteiger partial charge in [-0.25, -0.2) is 0 Å². The third-order valence-corrected chi connectivity index (χ3v) is 4.30. The van der Waals surface area contributed by atoms with Gasteiger partial charge in [0, 0.05) is 0 Å². The third-order valence-electron chi connectivity index (χ3n) is 3.11. The molecule has 0 amide bonds. The summed E-state index contributed by atoms with van der Waals surface area (Å²) in [5, 5.41) is 0. The van der Waals surface area contributed by atoms with E-state index >= 15 is 0 Å². The summed E-state index contributed by atoms with van der Waals surface area (Å²) in [6.07, 6.45) is 6.64. The van der Waals surface area contributed by atoms with E-state index in [4.69, 9.17) is 8.92 Å². The molecule has 120 valence electrons. The van der Waals surface area contributed by atoms with Crippen LogP contribution in [0.15, 0.2) is 30.3 Å². The predicted octanol–water partition coefficient (Wildman–Crippen LogP) is 3.77. The molecule has 21 heavy (non-hydrogen) atoms. The Labute approximate surface area is 128 Å². The van der Waals surface area contributed by atoms with E-state index in [1.165, 1.54) is 19.3 Å². The molecule has 0 aliphatic heterocycles. The third kappa shape index (κ3) is 9.47. The smallest absolute Gasteiger partial charge is 0.270 e. The number of ether oxygens (including phenoxy) is 1. The first-order chi connectivity index (χ1) is 10.1. The van der Waals surface area contributed by atoms with Crippen LogP contribution in [0.4, 0.5) is 0 Å². The maximum absolute atomic E-state index is 11.7. The molecule has 0 spiro atoms. The van der Waals surface area contributed by atoms with Crippen molar-refractivity contribution in [3.8, 4) is 5.75 Å². The van der Waals surface area contributed by atoms with Crippen molar-refractivity contribution in [3.05, 3.63) is 30.3 Å². The topological polar surface area (TPSA) is 52.6 Å². The first-order valence-electron chi connectivity index (χ1n) is 7.69. The van der Waals surface area contributed by atoms with Crippen LogP contribution in [0.3, 0.4) is 0 Å². The van der Waals surface area contributed by atoms with Crippen LogP contribution in [0.1, 0.15) is 45.4 Å². The van der Waals surface area contributed by atoms with E-state index in [-0.39, 0.29) is 19.0 Å². The Hall–Kier alpha value is -1.07. The summed E-state index contributed by atoms with van der Waals surface area (Å²) in [5.41, 5.74) is 0. The summed E-state index contributed by atoms with van der Waals surface area (Å²) >= 11 is 0. The zero-order chi connectivity index (χ0) is 15.4. The van der Waals surface area contributed by atoms with E-state index in [9.17, 15) is 8.42 Å². The fourth-order valence-corrected chi connectivity index (χ4v) is 2.68. The lowest BCUT2D eigenvalue weighted by Crippen LogP contribution is -2.17. The summed E-state index contributed by atoms with van der Waals surface area (Å²) in [7, 11) is -3.47. The van der Waals surface area contributed by atoms with Crippen molar-refractivity contribution in [2.45, 2.75) is 45.4 Å². The lowest BCUT2D eigenvalue weighted by molar-refractivity contribution is 0.293. The van der Waals surface area contributed by atoms with Gasteiger partial charge in [0.15, 0.2) is 0 Å². The zero-order valence-electron chi connectivity index (χ0n) is 12.8. The van der Waals surface area contributed by atoms with Crippen LogP contribution in [-0.4, -0.2) is 27.4 Å². The first kappa shape index (κ1) is 18.0. The van der Waals surface area contributed by atoms with E-state index in [1.807, 2.05) is 18.2 Å². The van der Waals surface area contributed by atoms with Crippen LogP contribution in [-0.2, 0) is 14.3 Å². The minimum atomic E-state index is -3.47. The number of hydrogen-bond acceptors (Lipinski definition) is 4. The Balaban J connectivity index is 2.08. The van der Waals surface area contributed by atoms with Crippen molar-refractivity contribution >= 4 is 10.1 Å². The summed E-state index contributed by atoms with van der Waals surface area (Å²) in [6.45, 7) is 2.57. The number of unbranched alkanes of at least 4 members (excludes halogenated alkanes) is 5. The highest BCUT2D eigenvalue weighted by atomic mass is 32.2. The lowest BCUT2D eigenvalue weighted by atomic mass is 10.1. The van der Waals surface area contributed by atoms with Crippen LogP contribution in [0.5, 0.6) is 5.75 Å². The highest BCUT2D eigenvalue weighted by Crippen LogP contribution is 2.09. The quantitative estimate of drug-likeness (QED) is 0.435. The molecule has 1 rings (SSSR count). The van der Waals surface area contributed by atoms with Gasteiger partial charge in [0.2, 0.25) is 0 Å². The molecule has 0 aliphatic rings. The van der Waals surface area contributed by atoms with Crippen molar-refractivity contribution < 1.29 is 17.3 Å². The van der Waals surface area contributed by atoms with Crippen molar-refractivity contribution in [3.63, 3.8) is 0 Å². The molecule has 0 heterocycles. The van der Waals surface area contributed by atoms with Crippen molar-refractivity contribution in [2.75, 3.05) is 19.0 Å². The van der Waals surface area contributed by atoms with Gasteiger partial charge in [0.25, 0.3) is 10.1 Å². The number of hydrogen-bond donors (Lipinski definition) is 0. The molecule has 1 aromatic rings. The Kier molecular flexibility index (Phi) is 9.10. The summed E-state index contributed by atoms with van der Waals surface area (Å²) in [4.78, 5) is 0. The van der Waals surface area contributed by atoms with Crippen LogP contribution in [0, 0.1) is 0 Å². The van der Waals surface area contributed by atoms with E-state index < -0.39 is 10.1 Å². The fraction of sp³-hybridized carbons (Fsp3) is 0.625. The van der Waals surface area contributed by atoms with Gasteiger partial charge in [-0.15, -0.1) is 0 Å². The van der Waals surface area contributed by atoms with Crippen molar-refractivity contribution in [1.29, 1.82) is 0 Å². The summed E-state index contributed by atoms with van der Waals surface area (Å²) in [5.74, 6) is 0.557. The fourth-order valence-electron chi connectivity index (χ4n) is 1.91. The van der Waals surface area contributed by atoms with E-state index in [0.717, 1.165) is 19.3 Å². The van der Waals surface area contributed by atoms with Gasteiger partial charge in [-0.1, -0.05) is 57.2 Å². The Morgan fingerprint density at radius 2 is 1.57 bits per heavy atom. The maximum Gasteiger partial charge on any atom is 0.270 e. The summed E-state index contributed by atoms with van der Waals surface area (Å²) in [6, 6.07) is 9.17. The maximum atomic E-state index is 11.7. The second-order valence-corrected chi connectivity index (χ2v) is 6.77. The average molecular weight is 314 g/mol. The molecule has 0 N–H and O–H groups in total. The van der Waals surface area contributed by atoms with Gasteiger partial charge in [0.1, 0.15) is 18.1 Å². The Morgan fingerprint density at radius 3 is 2.29 bits per heavy atom. The molecule has 0 aromatic heterocycles. The molecule has 0 fully saturated rings. The molecular weight excluding hydrogens is 288 g/mol. The predicted molar refractivity (Wildman–Crippen MR) is 85.1 cm³/mol. The molecule has 0 radical (unpaired) electrons. The van der Waals surface area contributed by atoms with Gasteiger partial charge in [-0.05, 0) is 18.6 Å². The van der Waals surface area contributed by atoms with Crippen LogP contribution < -0.4 is 4.74 Å². The molecule has 1 aromatic carbocycles. The largest absolute Gasteiger partial charge is 0.492 e. The van der Waals surface area contributed by atoms with Crippen LogP contribution in [0.2, 0.25) is 0 Å². The van der Waals surface area contributed by atoms with Gasteiger partial charge in [0.05, 0.1) is 6.61 Å². The SMILES string of the molecule is CCCCCCCCOS(=O)(=O)CCOc1ccccc1. The van der Waals surface area contributed by atoms with E-state index in [1.54, 1.807) is 12.1 Å². The number of para-hydroxylation sites is 1. The highest BCUT2D eigenvalue weighted by molar-refractivity contribution is 7.86. The first-order valence-corrected chi connectivity index (χ1v) is 9.27. The van der Waals surface area contributed by atoms with Crippen LogP contribution in [0.25, 0.3) is 0 Å². The minimum Gasteiger partial charge on any atom is -0.492 e. The molecule has 4 nitrogen and oxygen atoms in total. The highest BCUT2D eigenvalue weighted by Gasteiger charge is 2.11. The standard InChI is InChI=1S/C16H26O4S/c1-2-3-4-5-6-10-13-20-21(17,18)15-14-19-16-11-8-7-9-12-16/h7-9,11-12H,2-6,10,13-15H2,1H3. The Bertz CT molecular complexity index is 456. The molecule has 0 saturated heterocycles.